The van der Waals surface area contributed by atoms with Gasteiger partial charge in [-0.1, -0.05) is 32.1 Å². The minimum absolute atomic E-state index is 0.170. The highest BCUT2D eigenvalue weighted by atomic mass is 32.1. The number of carboxylic acid groups (broad SMARTS) is 1. The third-order valence-corrected chi connectivity index (χ3v) is 5.93. The van der Waals surface area contributed by atoms with Crippen LogP contribution in [0.5, 0.6) is 0 Å². The number of rotatable bonds is 3. The minimum atomic E-state index is -0.882. The molecule has 2 fully saturated rings. The number of carbonyl (C=O) groups is 2. The zero-order chi connectivity index (χ0) is 15.7. The van der Waals surface area contributed by atoms with Gasteiger partial charge in [0.1, 0.15) is 10.9 Å². The lowest BCUT2D eigenvalue weighted by Crippen LogP contribution is -2.40. The summed E-state index contributed by atoms with van der Waals surface area (Å²) in [6, 6.07) is -0.679. The Kier molecular flexibility index (Phi) is 4.47. The summed E-state index contributed by atoms with van der Waals surface area (Å²) in [4.78, 5) is 30.4. The van der Waals surface area contributed by atoms with E-state index in [1.165, 1.54) is 43.4 Å². The summed E-state index contributed by atoms with van der Waals surface area (Å²) in [5, 5.41) is 10.3. The first kappa shape index (κ1) is 15.5. The maximum absolute atomic E-state index is 12.6. The Bertz CT molecular complexity index is 565. The molecule has 5 nitrogen and oxygen atoms in total. The molecular weight excluding hydrogens is 300 g/mol. The van der Waals surface area contributed by atoms with E-state index >= 15 is 0 Å². The van der Waals surface area contributed by atoms with Crippen LogP contribution in [0.15, 0.2) is 6.20 Å². The van der Waals surface area contributed by atoms with Gasteiger partial charge < -0.3 is 10.0 Å². The van der Waals surface area contributed by atoms with Gasteiger partial charge in [-0.3, -0.25) is 4.79 Å². The fourth-order valence-electron chi connectivity index (χ4n) is 3.88. The number of aliphatic carboxylic acids is 1. The van der Waals surface area contributed by atoms with E-state index < -0.39 is 12.0 Å². The molecule has 0 unspecified atom stereocenters. The third-order valence-electron chi connectivity index (χ3n) is 5.03. The first-order valence-corrected chi connectivity index (χ1v) is 8.84. The Hall–Kier alpha value is -1.43. The molecule has 120 valence electrons. The van der Waals surface area contributed by atoms with Crippen molar-refractivity contribution in [2.75, 3.05) is 6.54 Å². The van der Waals surface area contributed by atoms with Gasteiger partial charge in [-0.2, -0.15) is 0 Å². The highest BCUT2D eigenvalue weighted by Crippen LogP contribution is 2.38. The number of carbonyl (C=O) groups excluding carboxylic acids is 1. The molecule has 1 aliphatic carbocycles. The second kappa shape index (κ2) is 6.36. The second-order valence-electron chi connectivity index (χ2n) is 6.45. The molecule has 1 aromatic heterocycles. The molecule has 0 bridgehead atoms. The van der Waals surface area contributed by atoms with Crippen molar-refractivity contribution in [2.45, 2.75) is 51.5 Å². The van der Waals surface area contributed by atoms with Crippen LogP contribution in [0.25, 0.3) is 0 Å². The predicted molar refractivity (Wildman–Crippen MR) is 84.0 cm³/mol. The molecule has 0 aromatic carbocycles. The Morgan fingerprint density at radius 1 is 1.27 bits per heavy atom. The van der Waals surface area contributed by atoms with Crippen LogP contribution in [-0.4, -0.2) is 39.5 Å². The van der Waals surface area contributed by atoms with E-state index in [4.69, 9.17) is 0 Å². The Morgan fingerprint density at radius 3 is 2.59 bits per heavy atom. The molecule has 1 N–H and O–H groups in total. The quantitative estimate of drug-likeness (QED) is 0.929. The zero-order valence-electron chi connectivity index (χ0n) is 12.8. The minimum Gasteiger partial charge on any atom is -0.480 e. The Balaban J connectivity index is 1.76. The molecular formula is C16H22N2O3S. The third kappa shape index (κ3) is 3.02. The Morgan fingerprint density at radius 2 is 2.00 bits per heavy atom. The summed E-state index contributed by atoms with van der Waals surface area (Å²) in [6.45, 7) is 2.43. The van der Waals surface area contributed by atoms with Gasteiger partial charge in [-0.25, -0.2) is 9.78 Å². The lowest BCUT2D eigenvalue weighted by Gasteiger charge is -2.27. The molecule has 1 aromatic rings. The van der Waals surface area contributed by atoms with Crippen molar-refractivity contribution in [2.24, 2.45) is 11.8 Å². The van der Waals surface area contributed by atoms with Gasteiger partial charge in [0.25, 0.3) is 5.91 Å². The molecule has 2 heterocycles. The van der Waals surface area contributed by atoms with Gasteiger partial charge in [-0.05, 0) is 25.2 Å². The average molecular weight is 322 g/mol. The van der Waals surface area contributed by atoms with E-state index in [1.807, 2.05) is 6.92 Å². The van der Waals surface area contributed by atoms with Gasteiger partial charge in [0.15, 0.2) is 0 Å². The standard InChI is InChI=1S/C16H22N2O3S/c1-10-17-8-14(22-10)15(19)18-9-12(7-13(18)16(20)21)11-5-3-2-4-6-11/h8,11-13H,2-7,9H2,1H3,(H,20,21)/t12-,13+/m1/s1. The van der Waals surface area contributed by atoms with E-state index in [-0.39, 0.29) is 5.91 Å². The van der Waals surface area contributed by atoms with Crippen molar-refractivity contribution in [1.82, 2.24) is 9.88 Å². The number of aryl methyl sites for hydroxylation is 1. The lowest BCUT2D eigenvalue weighted by atomic mass is 9.79. The molecule has 6 heteroatoms. The smallest absolute Gasteiger partial charge is 0.326 e. The van der Waals surface area contributed by atoms with Crippen LogP contribution < -0.4 is 0 Å². The molecule has 2 aliphatic rings. The lowest BCUT2D eigenvalue weighted by molar-refractivity contribution is -0.141. The number of amides is 1. The van der Waals surface area contributed by atoms with Crippen molar-refractivity contribution in [3.63, 3.8) is 0 Å². The SMILES string of the molecule is Cc1ncc(C(=O)N2C[C@H](C3CCCCC3)C[C@H]2C(=O)O)s1. The second-order valence-corrected chi connectivity index (χ2v) is 7.68. The summed E-state index contributed by atoms with van der Waals surface area (Å²) in [5.74, 6) is -0.139. The van der Waals surface area contributed by atoms with Crippen molar-refractivity contribution in [1.29, 1.82) is 0 Å². The first-order chi connectivity index (χ1) is 10.6. The molecule has 2 atom stereocenters. The number of hydrogen-bond acceptors (Lipinski definition) is 4. The first-order valence-electron chi connectivity index (χ1n) is 8.02. The van der Waals surface area contributed by atoms with Gasteiger partial charge in [0.05, 0.1) is 11.2 Å². The number of carboxylic acids is 1. The van der Waals surface area contributed by atoms with E-state index in [2.05, 4.69) is 4.98 Å². The van der Waals surface area contributed by atoms with Crippen molar-refractivity contribution in [3.8, 4) is 0 Å². The zero-order valence-corrected chi connectivity index (χ0v) is 13.6. The average Bonchev–Trinajstić information content (AvgIpc) is 3.14. The van der Waals surface area contributed by atoms with Crippen molar-refractivity contribution in [3.05, 3.63) is 16.1 Å². The molecule has 1 aliphatic heterocycles. The molecule has 0 radical (unpaired) electrons. The van der Waals surface area contributed by atoms with Gasteiger partial charge in [0.2, 0.25) is 0 Å². The van der Waals surface area contributed by atoms with Crippen molar-refractivity contribution >= 4 is 23.2 Å². The maximum Gasteiger partial charge on any atom is 0.326 e. The van der Waals surface area contributed by atoms with Crippen LogP contribution in [0.2, 0.25) is 0 Å². The number of likely N-dealkylation sites (tertiary alicyclic amines) is 1. The monoisotopic (exact) mass is 322 g/mol. The topological polar surface area (TPSA) is 70.5 Å². The highest BCUT2D eigenvalue weighted by Gasteiger charge is 2.43. The normalized spacial score (nSPS) is 26.3. The number of thiazole rings is 1. The van der Waals surface area contributed by atoms with E-state index in [0.29, 0.717) is 29.7 Å². The molecule has 1 amide bonds. The van der Waals surface area contributed by atoms with Gasteiger partial charge in [-0.15, -0.1) is 11.3 Å². The van der Waals surface area contributed by atoms with Gasteiger partial charge in [0, 0.05) is 6.54 Å². The summed E-state index contributed by atoms with van der Waals surface area (Å²) < 4.78 is 0. The Labute approximate surface area is 134 Å². The van der Waals surface area contributed by atoms with Crippen LogP contribution in [0.1, 0.15) is 53.2 Å². The molecule has 1 saturated carbocycles. The maximum atomic E-state index is 12.6. The molecule has 22 heavy (non-hydrogen) atoms. The number of aromatic nitrogens is 1. The molecule has 0 spiro atoms. The summed E-state index contributed by atoms with van der Waals surface area (Å²) in [6.07, 6.45) is 8.28. The van der Waals surface area contributed by atoms with E-state index in [1.54, 1.807) is 11.1 Å². The van der Waals surface area contributed by atoms with Crippen molar-refractivity contribution < 1.29 is 14.7 Å². The predicted octanol–water partition coefficient (Wildman–Crippen LogP) is 2.95. The van der Waals surface area contributed by atoms with Crippen LogP contribution in [0.4, 0.5) is 0 Å². The molecule has 3 rings (SSSR count). The summed E-state index contributed by atoms with van der Waals surface area (Å²) in [7, 11) is 0. The van der Waals surface area contributed by atoms with Crippen LogP contribution in [0, 0.1) is 18.8 Å². The number of nitrogens with zero attached hydrogens (tertiary/aromatic N) is 2. The number of hydrogen-bond donors (Lipinski definition) is 1. The fourth-order valence-corrected chi connectivity index (χ4v) is 4.61. The van der Waals surface area contributed by atoms with E-state index in [9.17, 15) is 14.7 Å². The van der Waals surface area contributed by atoms with Gasteiger partial charge >= 0.3 is 5.97 Å². The largest absolute Gasteiger partial charge is 0.480 e. The summed E-state index contributed by atoms with van der Waals surface area (Å²) in [5.41, 5.74) is 0. The highest BCUT2D eigenvalue weighted by molar-refractivity contribution is 7.13. The fraction of sp³-hybridized carbons (Fsp3) is 0.688. The van der Waals surface area contributed by atoms with E-state index in [0.717, 1.165) is 5.01 Å². The molecule has 1 saturated heterocycles. The van der Waals surface area contributed by atoms with Crippen LogP contribution >= 0.6 is 11.3 Å². The van der Waals surface area contributed by atoms with Crippen LogP contribution in [0.3, 0.4) is 0 Å². The summed E-state index contributed by atoms with van der Waals surface area (Å²) >= 11 is 1.34. The van der Waals surface area contributed by atoms with Crippen LogP contribution in [-0.2, 0) is 4.79 Å².